The van der Waals surface area contributed by atoms with Crippen molar-refractivity contribution in [3.63, 3.8) is 0 Å². The lowest BCUT2D eigenvalue weighted by Crippen LogP contribution is -2.46. The third-order valence-electron chi connectivity index (χ3n) is 4.24. The molecule has 1 amide bonds. The average Bonchev–Trinajstić information content (AvgIpc) is 3.10. The van der Waals surface area contributed by atoms with E-state index in [0.29, 0.717) is 26.1 Å². The van der Waals surface area contributed by atoms with E-state index >= 15 is 0 Å². The van der Waals surface area contributed by atoms with Gasteiger partial charge in [0.05, 0.1) is 6.26 Å². The van der Waals surface area contributed by atoms with Crippen molar-refractivity contribution in [3.05, 3.63) is 24.2 Å². The average molecular weight is 293 g/mol. The third-order valence-corrected chi connectivity index (χ3v) is 4.24. The number of rotatable bonds is 5. The minimum absolute atomic E-state index is 0.0276. The standard InChI is InChI=1S/C15H19NO5/c17-14(18)9-16(10-3-6-20-7-4-10)15(19)12-8-11(12)13-2-1-5-21-13/h1-2,5,10-12H,3-4,6-9H2,(H,17,18)/t11-,12+/m1/s1. The highest BCUT2D eigenvalue weighted by molar-refractivity contribution is 5.86. The maximum absolute atomic E-state index is 12.6. The lowest BCUT2D eigenvalue weighted by molar-refractivity contribution is -0.148. The molecule has 2 heterocycles. The molecule has 0 bridgehead atoms. The fourth-order valence-electron chi connectivity index (χ4n) is 3.03. The molecule has 1 aromatic heterocycles. The van der Waals surface area contributed by atoms with Crippen molar-refractivity contribution in [2.24, 2.45) is 5.92 Å². The molecule has 0 spiro atoms. The molecule has 2 aliphatic rings. The number of hydrogen-bond acceptors (Lipinski definition) is 4. The zero-order valence-electron chi connectivity index (χ0n) is 11.7. The smallest absolute Gasteiger partial charge is 0.323 e. The Morgan fingerprint density at radius 1 is 1.33 bits per heavy atom. The summed E-state index contributed by atoms with van der Waals surface area (Å²) in [6.07, 6.45) is 3.75. The first kappa shape index (κ1) is 14.1. The zero-order chi connectivity index (χ0) is 14.8. The van der Waals surface area contributed by atoms with E-state index in [4.69, 9.17) is 14.3 Å². The van der Waals surface area contributed by atoms with Crippen molar-refractivity contribution >= 4 is 11.9 Å². The van der Waals surface area contributed by atoms with Gasteiger partial charge in [-0.25, -0.2) is 0 Å². The Morgan fingerprint density at radius 3 is 2.71 bits per heavy atom. The van der Waals surface area contributed by atoms with E-state index in [2.05, 4.69) is 0 Å². The summed E-state index contributed by atoms with van der Waals surface area (Å²) in [5, 5.41) is 9.07. The van der Waals surface area contributed by atoms with Gasteiger partial charge in [0.1, 0.15) is 12.3 Å². The van der Waals surface area contributed by atoms with Gasteiger partial charge in [-0.05, 0) is 31.4 Å². The normalized spacial score (nSPS) is 25.5. The second-order valence-corrected chi connectivity index (χ2v) is 5.67. The molecule has 0 unspecified atom stereocenters. The SMILES string of the molecule is O=C(O)CN(C(=O)[C@H]1C[C@H]1c1ccco1)C1CCOCC1. The van der Waals surface area contributed by atoms with Crippen molar-refractivity contribution < 1.29 is 23.8 Å². The van der Waals surface area contributed by atoms with Crippen LogP contribution in [-0.2, 0) is 14.3 Å². The number of carboxylic acids is 1. The van der Waals surface area contributed by atoms with E-state index < -0.39 is 5.97 Å². The molecule has 21 heavy (non-hydrogen) atoms. The van der Waals surface area contributed by atoms with Crippen LogP contribution in [0.25, 0.3) is 0 Å². The highest BCUT2D eigenvalue weighted by Gasteiger charge is 2.48. The maximum Gasteiger partial charge on any atom is 0.323 e. The summed E-state index contributed by atoms with van der Waals surface area (Å²) in [5.41, 5.74) is 0. The van der Waals surface area contributed by atoms with Crippen LogP contribution in [-0.4, -0.2) is 47.7 Å². The van der Waals surface area contributed by atoms with Crippen LogP contribution in [0.5, 0.6) is 0 Å². The van der Waals surface area contributed by atoms with Gasteiger partial charge in [-0.15, -0.1) is 0 Å². The fourth-order valence-corrected chi connectivity index (χ4v) is 3.03. The van der Waals surface area contributed by atoms with E-state index in [1.54, 1.807) is 6.26 Å². The molecular formula is C15H19NO5. The molecule has 1 saturated carbocycles. The summed E-state index contributed by atoms with van der Waals surface area (Å²) in [5.74, 6) is -0.256. The summed E-state index contributed by atoms with van der Waals surface area (Å²) in [7, 11) is 0. The molecule has 1 N–H and O–H groups in total. The van der Waals surface area contributed by atoms with Crippen molar-refractivity contribution in [2.45, 2.75) is 31.2 Å². The molecule has 6 heteroatoms. The van der Waals surface area contributed by atoms with Crippen LogP contribution in [0.3, 0.4) is 0 Å². The fraction of sp³-hybridized carbons (Fsp3) is 0.600. The molecule has 1 saturated heterocycles. The molecule has 2 atom stereocenters. The van der Waals surface area contributed by atoms with E-state index in [1.807, 2.05) is 12.1 Å². The van der Waals surface area contributed by atoms with Crippen LogP contribution in [0.1, 0.15) is 30.9 Å². The highest BCUT2D eigenvalue weighted by Crippen LogP contribution is 2.49. The first-order chi connectivity index (χ1) is 10.2. The Morgan fingerprint density at radius 2 is 2.10 bits per heavy atom. The molecule has 1 aliphatic carbocycles. The number of hydrogen-bond donors (Lipinski definition) is 1. The largest absolute Gasteiger partial charge is 0.480 e. The van der Waals surface area contributed by atoms with Gasteiger partial charge in [0, 0.05) is 31.1 Å². The zero-order valence-corrected chi connectivity index (χ0v) is 11.7. The van der Waals surface area contributed by atoms with E-state index in [1.165, 1.54) is 4.90 Å². The quantitative estimate of drug-likeness (QED) is 0.889. The summed E-state index contributed by atoms with van der Waals surface area (Å²) in [4.78, 5) is 25.2. The van der Waals surface area contributed by atoms with E-state index in [9.17, 15) is 9.59 Å². The monoisotopic (exact) mass is 293 g/mol. The Bertz CT molecular complexity index is 506. The number of furan rings is 1. The van der Waals surface area contributed by atoms with Gasteiger partial charge in [0.15, 0.2) is 0 Å². The van der Waals surface area contributed by atoms with Crippen LogP contribution >= 0.6 is 0 Å². The predicted molar refractivity (Wildman–Crippen MR) is 72.7 cm³/mol. The van der Waals surface area contributed by atoms with Gasteiger partial charge in [-0.3, -0.25) is 9.59 Å². The van der Waals surface area contributed by atoms with Crippen molar-refractivity contribution in [3.8, 4) is 0 Å². The number of carbonyl (C=O) groups is 2. The van der Waals surface area contributed by atoms with Gasteiger partial charge in [-0.2, -0.15) is 0 Å². The Hall–Kier alpha value is -1.82. The number of carbonyl (C=O) groups excluding carboxylic acids is 1. The van der Waals surface area contributed by atoms with E-state index in [0.717, 1.165) is 12.2 Å². The first-order valence-corrected chi connectivity index (χ1v) is 7.30. The molecule has 114 valence electrons. The summed E-state index contributed by atoms with van der Waals surface area (Å²) >= 11 is 0. The minimum atomic E-state index is -0.968. The highest BCUT2D eigenvalue weighted by atomic mass is 16.5. The summed E-state index contributed by atoms with van der Waals surface area (Å²) < 4.78 is 10.6. The Kier molecular flexibility index (Phi) is 3.96. The lowest BCUT2D eigenvalue weighted by Gasteiger charge is -2.33. The Labute approximate surface area is 122 Å². The van der Waals surface area contributed by atoms with Gasteiger partial charge in [0.2, 0.25) is 5.91 Å². The van der Waals surface area contributed by atoms with Crippen LogP contribution in [0.2, 0.25) is 0 Å². The van der Waals surface area contributed by atoms with Gasteiger partial charge < -0.3 is 19.2 Å². The molecule has 1 aliphatic heterocycles. The summed E-state index contributed by atoms with van der Waals surface area (Å²) in [6, 6.07) is 3.65. The lowest BCUT2D eigenvalue weighted by atomic mass is 10.1. The molecule has 6 nitrogen and oxygen atoms in total. The van der Waals surface area contributed by atoms with Crippen LogP contribution in [0.4, 0.5) is 0 Å². The molecule has 1 aromatic rings. The maximum atomic E-state index is 12.6. The molecule has 0 radical (unpaired) electrons. The van der Waals surface area contributed by atoms with Crippen LogP contribution in [0, 0.1) is 5.92 Å². The van der Waals surface area contributed by atoms with Crippen molar-refractivity contribution in [2.75, 3.05) is 19.8 Å². The second kappa shape index (κ2) is 5.89. The van der Waals surface area contributed by atoms with Gasteiger partial charge in [0.25, 0.3) is 0 Å². The van der Waals surface area contributed by atoms with Crippen molar-refractivity contribution in [1.82, 2.24) is 4.90 Å². The first-order valence-electron chi connectivity index (χ1n) is 7.30. The number of ether oxygens (including phenoxy) is 1. The predicted octanol–water partition coefficient (Wildman–Crippen LogP) is 1.48. The Balaban J connectivity index is 1.68. The van der Waals surface area contributed by atoms with Crippen molar-refractivity contribution in [1.29, 1.82) is 0 Å². The topological polar surface area (TPSA) is 80.0 Å². The number of amides is 1. The molecule has 0 aromatic carbocycles. The summed E-state index contributed by atoms with van der Waals surface area (Å²) in [6.45, 7) is 0.936. The second-order valence-electron chi connectivity index (χ2n) is 5.67. The third kappa shape index (κ3) is 3.10. The molecular weight excluding hydrogens is 274 g/mol. The number of carboxylic acid groups (broad SMARTS) is 1. The van der Waals surface area contributed by atoms with Gasteiger partial charge >= 0.3 is 5.97 Å². The minimum Gasteiger partial charge on any atom is -0.480 e. The number of nitrogens with zero attached hydrogens (tertiary/aromatic N) is 1. The van der Waals surface area contributed by atoms with Crippen LogP contribution < -0.4 is 0 Å². The molecule has 3 rings (SSSR count). The van der Waals surface area contributed by atoms with Crippen LogP contribution in [0.15, 0.2) is 22.8 Å². The van der Waals surface area contributed by atoms with Gasteiger partial charge in [-0.1, -0.05) is 0 Å². The number of aliphatic carboxylic acids is 1. The van der Waals surface area contributed by atoms with E-state index in [-0.39, 0.29) is 30.3 Å². The molecule has 2 fully saturated rings.